The summed E-state index contributed by atoms with van der Waals surface area (Å²) in [6, 6.07) is 13.2. The molecule has 5 nitrogen and oxygen atoms in total. The average molecular weight is 287 g/mol. The van der Waals surface area contributed by atoms with Crippen LogP contribution in [0.25, 0.3) is 0 Å². The van der Waals surface area contributed by atoms with E-state index in [1.807, 2.05) is 36.4 Å². The van der Waals surface area contributed by atoms with Gasteiger partial charge < -0.3 is 24.7 Å². The minimum atomic E-state index is -0.290. The SMILES string of the molecule is COc1ccccc1C(CN)Oc1ccc2c(c1)OCO2. The van der Waals surface area contributed by atoms with Gasteiger partial charge in [-0.2, -0.15) is 0 Å². The molecule has 1 heterocycles. The number of para-hydroxylation sites is 1. The second kappa shape index (κ2) is 5.93. The van der Waals surface area contributed by atoms with Gasteiger partial charge in [-0.3, -0.25) is 0 Å². The normalized spacial score (nSPS) is 13.8. The summed E-state index contributed by atoms with van der Waals surface area (Å²) in [5.74, 6) is 2.85. The fourth-order valence-electron chi connectivity index (χ4n) is 2.29. The summed E-state index contributed by atoms with van der Waals surface area (Å²) in [6.07, 6.45) is -0.290. The molecule has 0 fully saturated rings. The molecule has 0 bridgehead atoms. The molecule has 1 aliphatic heterocycles. The standard InChI is InChI=1S/C16H17NO4/c1-18-13-5-3-2-4-12(13)16(9-17)21-11-6-7-14-15(8-11)20-10-19-14/h2-8,16H,9-10,17H2,1H3. The van der Waals surface area contributed by atoms with Gasteiger partial charge in [0.2, 0.25) is 6.79 Å². The second-order valence-corrected chi connectivity index (χ2v) is 4.60. The Hall–Kier alpha value is -2.40. The van der Waals surface area contributed by atoms with Crippen molar-refractivity contribution in [1.29, 1.82) is 0 Å². The topological polar surface area (TPSA) is 62.9 Å². The van der Waals surface area contributed by atoms with E-state index in [1.54, 1.807) is 13.2 Å². The van der Waals surface area contributed by atoms with Crippen LogP contribution in [0.1, 0.15) is 11.7 Å². The van der Waals surface area contributed by atoms with Crippen molar-refractivity contribution in [3.8, 4) is 23.0 Å². The van der Waals surface area contributed by atoms with Crippen LogP contribution >= 0.6 is 0 Å². The third-order valence-electron chi connectivity index (χ3n) is 3.32. The van der Waals surface area contributed by atoms with Crippen molar-refractivity contribution in [2.75, 3.05) is 20.4 Å². The minimum Gasteiger partial charge on any atom is -0.496 e. The van der Waals surface area contributed by atoms with Crippen LogP contribution in [0.15, 0.2) is 42.5 Å². The summed E-state index contributed by atoms with van der Waals surface area (Å²) in [6.45, 7) is 0.584. The second-order valence-electron chi connectivity index (χ2n) is 4.60. The number of rotatable bonds is 5. The van der Waals surface area contributed by atoms with Gasteiger partial charge in [0.1, 0.15) is 17.6 Å². The van der Waals surface area contributed by atoms with Crippen LogP contribution in [0.5, 0.6) is 23.0 Å². The Morgan fingerprint density at radius 2 is 1.95 bits per heavy atom. The first-order chi connectivity index (χ1) is 10.3. The highest BCUT2D eigenvalue weighted by Crippen LogP contribution is 2.37. The molecule has 2 aromatic carbocycles. The van der Waals surface area contributed by atoms with Crippen LogP contribution in [0.4, 0.5) is 0 Å². The molecule has 5 heteroatoms. The number of hydrogen-bond acceptors (Lipinski definition) is 5. The van der Waals surface area contributed by atoms with E-state index < -0.39 is 0 Å². The zero-order chi connectivity index (χ0) is 14.7. The van der Waals surface area contributed by atoms with Gasteiger partial charge in [0, 0.05) is 18.2 Å². The van der Waals surface area contributed by atoms with E-state index in [-0.39, 0.29) is 12.9 Å². The number of ether oxygens (including phenoxy) is 4. The lowest BCUT2D eigenvalue weighted by Gasteiger charge is -2.20. The molecule has 0 saturated carbocycles. The molecule has 0 saturated heterocycles. The van der Waals surface area contributed by atoms with E-state index in [1.165, 1.54) is 0 Å². The molecule has 110 valence electrons. The van der Waals surface area contributed by atoms with Gasteiger partial charge in [0.25, 0.3) is 0 Å². The van der Waals surface area contributed by atoms with Gasteiger partial charge in [0.15, 0.2) is 11.5 Å². The van der Waals surface area contributed by atoms with E-state index in [0.29, 0.717) is 18.0 Å². The number of methoxy groups -OCH3 is 1. The molecule has 0 radical (unpaired) electrons. The lowest BCUT2D eigenvalue weighted by atomic mass is 10.1. The predicted octanol–water partition coefficient (Wildman–Crippen LogP) is 2.50. The third kappa shape index (κ3) is 2.73. The number of fused-ring (bicyclic) bond motifs is 1. The minimum absolute atomic E-state index is 0.242. The van der Waals surface area contributed by atoms with Crippen molar-refractivity contribution < 1.29 is 18.9 Å². The smallest absolute Gasteiger partial charge is 0.231 e. The first kappa shape index (κ1) is 13.6. The first-order valence-corrected chi connectivity index (χ1v) is 6.71. The zero-order valence-corrected chi connectivity index (χ0v) is 11.7. The van der Waals surface area contributed by atoms with Gasteiger partial charge in [0.05, 0.1) is 7.11 Å². The van der Waals surface area contributed by atoms with Crippen LogP contribution in [0.3, 0.4) is 0 Å². The molecule has 0 aromatic heterocycles. The summed E-state index contributed by atoms with van der Waals surface area (Å²) < 4.78 is 22.0. The molecule has 0 aliphatic carbocycles. The van der Waals surface area contributed by atoms with Crippen LogP contribution < -0.4 is 24.7 Å². The molecule has 2 aromatic rings. The van der Waals surface area contributed by atoms with Crippen molar-refractivity contribution in [3.63, 3.8) is 0 Å². The van der Waals surface area contributed by atoms with Gasteiger partial charge in [-0.25, -0.2) is 0 Å². The maximum Gasteiger partial charge on any atom is 0.231 e. The number of benzene rings is 2. The van der Waals surface area contributed by atoms with Crippen molar-refractivity contribution >= 4 is 0 Å². The largest absolute Gasteiger partial charge is 0.496 e. The van der Waals surface area contributed by atoms with Crippen LogP contribution in [-0.2, 0) is 0 Å². The highest BCUT2D eigenvalue weighted by atomic mass is 16.7. The fraction of sp³-hybridized carbons (Fsp3) is 0.250. The molecule has 0 amide bonds. The van der Waals surface area contributed by atoms with E-state index in [9.17, 15) is 0 Å². The maximum absolute atomic E-state index is 5.98. The van der Waals surface area contributed by atoms with Crippen LogP contribution in [0, 0.1) is 0 Å². The quantitative estimate of drug-likeness (QED) is 0.915. The van der Waals surface area contributed by atoms with E-state index in [4.69, 9.17) is 24.7 Å². The summed E-state index contributed by atoms with van der Waals surface area (Å²) in [5, 5.41) is 0. The zero-order valence-electron chi connectivity index (χ0n) is 11.7. The number of nitrogens with two attached hydrogens (primary N) is 1. The molecule has 3 rings (SSSR count). The lowest BCUT2D eigenvalue weighted by molar-refractivity contribution is 0.173. The Morgan fingerprint density at radius 1 is 1.14 bits per heavy atom. The average Bonchev–Trinajstić information content (AvgIpc) is 3.00. The van der Waals surface area contributed by atoms with E-state index >= 15 is 0 Å². The Balaban J connectivity index is 1.84. The summed E-state index contributed by atoms with van der Waals surface area (Å²) in [5.41, 5.74) is 6.77. The molecule has 2 N–H and O–H groups in total. The molecule has 1 aliphatic rings. The van der Waals surface area contributed by atoms with Gasteiger partial charge >= 0.3 is 0 Å². The Labute approximate surface area is 123 Å². The lowest BCUT2D eigenvalue weighted by Crippen LogP contribution is -2.19. The van der Waals surface area contributed by atoms with Gasteiger partial charge in [-0.1, -0.05) is 18.2 Å². The van der Waals surface area contributed by atoms with Gasteiger partial charge in [-0.05, 0) is 18.2 Å². The molecule has 0 spiro atoms. The molecule has 21 heavy (non-hydrogen) atoms. The summed E-state index contributed by atoms with van der Waals surface area (Å²) in [7, 11) is 1.63. The first-order valence-electron chi connectivity index (χ1n) is 6.71. The predicted molar refractivity (Wildman–Crippen MR) is 78.0 cm³/mol. The van der Waals surface area contributed by atoms with E-state index in [0.717, 1.165) is 17.1 Å². The molecular weight excluding hydrogens is 270 g/mol. The van der Waals surface area contributed by atoms with Crippen LogP contribution in [0.2, 0.25) is 0 Å². The highest BCUT2D eigenvalue weighted by molar-refractivity contribution is 5.47. The highest BCUT2D eigenvalue weighted by Gasteiger charge is 2.19. The number of hydrogen-bond donors (Lipinski definition) is 1. The maximum atomic E-state index is 5.98. The monoisotopic (exact) mass is 287 g/mol. The fourth-order valence-corrected chi connectivity index (χ4v) is 2.29. The Morgan fingerprint density at radius 3 is 2.76 bits per heavy atom. The van der Waals surface area contributed by atoms with E-state index in [2.05, 4.69) is 0 Å². The molecule has 1 unspecified atom stereocenters. The molecule has 1 atom stereocenters. The Bertz CT molecular complexity index is 629. The van der Waals surface area contributed by atoms with Crippen LogP contribution in [-0.4, -0.2) is 20.4 Å². The summed E-state index contributed by atoms with van der Waals surface area (Å²) in [4.78, 5) is 0. The third-order valence-corrected chi connectivity index (χ3v) is 3.32. The van der Waals surface area contributed by atoms with Crippen molar-refractivity contribution in [3.05, 3.63) is 48.0 Å². The van der Waals surface area contributed by atoms with Crippen molar-refractivity contribution in [2.45, 2.75) is 6.10 Å². The summed E-state index contributed by atoms with van der Waals surface area (Å²) >= 11 is 0. The molecular formula is C16H17NO4. The van der Waals surface area contributed by atoms with Crippen molar-refractivity contribution in [2.24, 2.45) is 5.73 Å². The Kier molecular flexibility index (Phi) is 3.83. The van der Waals surface area contributed by atoms with Crippen molar-refractivity contribution in [1.82, 2.24) is 0 Å². The van der Waals surface area contributed by atoms with Gasteiger partial charge in [-0.15, -0.1) is 0 Å².